The molecule has 1 fully saturated rings. The highest BCUT2D eigenvalue weighted by atomic mass is 35.5. The van der Waals surface area contributed by atoms with E-state index in [1.165, 1.54) is 29.7 Å². The van der Waals surface area contributed by atoms with Crippen molar-refractivity contribution in [3.8, 4) is 11.1 Å². The summed E-state index contributed by atoms with van der Waals surface area (Å²) in [5, 5.41) is 2.58. The Labute approximate surface area is 179 Å². The summed E-state index contributed by atoms with van der Waals surface area (Å²) < 4.78 is 47.1. The molecular formula is C20H18ClF3N4O3. The summed E-state index contributed by atoms with van der Waals surface area (Å²) in [5.41, 5.74) is -1.09. The topological polar surface area (TPSA) is 79.8 Å². The Balaban J connectivity index is 1.65. The van der Waals surface area contributed by atoms with Crippen LogP contribution in [-0.2, 0) is 11.0 Å². The van der Waals surface area contributed by atoms with Crippen LogP contribution in [-0.4, -0.2) is 45.2 Å². The lowest BCUT2D eigenvalue weighted by Gasteiger charge is -2.39. The molecule has 0 unspecified atom stereocenters. The van der Waals surface area contributed by atoms with Crippen molar-refractivity contribution in [3.63, 3.8) is 0 Å². The second kappa shape index (κ2) is 7.92. The Hall–Kier alpha value is -3.01. The first-order valence-corrected chi connectivity index (χ1v) is 9.96. The predicted molar refractivity (Wildman–Crippen MR) is 106 cm³/mol. The van der Waals surface area contributed by atoms with Gasteiger partial charge in [-0.15, -0.1) is 0 Å². The zero-order chi connectivity index (χ0) is 22.3. The Kier molecular flexibility index (Phi) is 5.42. The van der Waals surface area contributed by atoms with Crippen LogP contribution in [0.1, 0.15) is 35.8 Å². The molecule has 4 heterocycles. The Morgan fingerprint density at radius 2 is 2.06 bits per heavy atom. The summed E-state index contributed by atoms with van der Waals surface area (Å²) in [6.45, 7) is 2.37. The summed E-state index contributed by atoms with van der Waals surface area (Å²) in [6, 6.07) is 2.27. The number of nitrogens with zero attached hydrogens (tertiary/aromatic N) is 3. The third-order valence-corrected chi connectivity index (χ3v) is 5.40. The molecule has 31 heavy (non-hydrogen) atoms. The van der Waals surface area contributed by atoms with E-state index in [9.17, 15) is 22.8 Å². The number of fused-ring (bicyclic) bond motifs is 1. The second-order valence-electron chi connectivity index (χ2n) is 7.32. The lowest BCUT2D eigenvalue weighted by Crippen LogP contribution is -2.61. The smallest absolute Gasteiger partial charge is 0.420 e. The van der Waals surface area contributed by atoms with Crippen molar-refractivity contribution < 1.29 is 27.2 Å². The fourth-order valence-corrected chi connectivity index (χ4v) is 3.71. The number of hydrogen-bond acceptors (Lipinski definition) is 4. The van der Waals surface area contributed by atoms with E-state index in [0.717, 1.165) is 10.5 Å². The summed E-state index contributed by atoms with van der Waals surface area (Å²) in [6.07, 6.45) is 0.428. The van der Waals surface area contributed by atoms with Gasteiger partial charge >= 0.3 is 6.18 Å². The fourth-order valence-electron chi connectivity index (χ4n) is 3.46. The standard InChI is InChI=1S/C20H18ClF3N4O3/c1-2-3-15(29)25-13-8-27(9-13)19(30)16-17(21)28-7-12(11-4-5-31-10-11)6-14(18(28)26-16)20(22,23)24/h4-7,10,13H,2-3,8-9H2,1H3,(H,25,29). The largest absolute Gasteiger partial charge is 0.472 e. The molecule has 1 saturated heterocycles. The molecule has 164 valence electrons. The number of hydrogen-bond donors (Lipinski definition) is 1. The molecule has 1 N–H and O–H groups in total. The third kappa shape index (κ3) is 3.99. The summed E-state index contributed by atoms with van der Waals surface area (Å²) in [7, 11) is 0. The van der Waals surface area contributed by atoms with Crippen LogP contribution in [0.2, 0.25) is 5.15 Å². The Bertz CT molecular complexity index is 1130. The minimum atomic E-state index is -4.71. The first-order chi connectivity index (χ1) is 14.7. The molecule has 3 aromatic rings. The van der Waals surface area contributed by atoms with Gasteiger partial charge in [0.05, 0.1) is 24.1 Å². The SMILES string of the molecule is CCCC(=O)NC1CN(C(=O)c2nc3c(C(F)(F)F)cc(-c4ccoc4)cn3c2Cl)C1. The molecule has 4 rings (SSSR count). The van der Waals surface area contributed by atoms with Crippen molar-refractivity contribution in [2.24, 2.45) is 0 Å². The minimum Gasteiger partial charge on any atom is -0.472 e. The van der Waals surface area contributed by atoms with Crippen LogP contribution in [0, 0.1) is 0 Å². The Morgan fingerprint density at radius 1 is 1.32 bits per heavy atom. The molecule has 3 aromatic heterocycles. The van der Waals surface area contributed by atoms with Gasteiger partial charge < -0.3 is 14.6 Å². The number of carbonyl (C=O) groups is 2. The number of likely N-dealkylation sites (tertiary alicyclic amines) is 1. The predicted octanol–water partition coefficient (Wildman–Crippen LogP) is 4.01. The number of amides is 2. The fraction of sp³-hybridized carbons (Fsp3) is 0.350. The zero-order valence-electron chi connectivity index (χ0n) is 16.4. The molecule has 0 spiro atoms. The van der Waals surface area contributed by atoms with Crippen LogP contribution in [0.15, 0.2) is 35.3 Å². The van der Waals surface area contributed by atoms with Gasteiger partial charge in [-0.05, 0) is 18.6 Å². The van der Waals surface area contributed by atoms with Crippen molar-refractivity contribution in [2.45, 2.75) is 32.0 Å². The molecule has 1 aliphatic heterocycles. The van der Waals surface area contributed by atoms with E-state index < -0.39 is 23.3 Å². The first kappa shape index (κ1) is 21.2. The van der Waals surface area contributed by atoms with E-state index >= 15 is 0 Å². The van der Waals surface area contributed by atoms with E-state index in [0.29, 0.717) is 18.4 Å². The van der Waals surface area contributed by atoms with Crippen LogP contribution in [0.3, 0.4) is 0 Å². The van der Waals surface area contributed by atoms with Crippen molar-refractivity contribution in [1.82, 2.24) is 19.6 Å². The monoisotopic (exact) mass is 454 g/mol. The third-order valence-electron chi connectivity index (χ3n) is 5.04. The van der Waals surface area contributed by atoms with Gasteiger partial charge in [-0.3, -0.25) is 14.0 Å². The van der Waals surface area contributed by atoms with Crippen LogP contribution >= 0.6 is 11.6 Å². The minimum absolute atomic E-state index is 0.105. The van der Waals surface area contributed by atoms with Crippen LogP contribution in [0.5, 0.6) is 0 Å². The van der Waals surface area contributed by atoms with Crippen LogP contribution in [0.4, 0.5) is 13.2 Å². The highest BCUT2D eigenvalue weighted by molar-refractivity contribution is 6.33. The number of rotatable bonds is 5. The lowest BCUT2D eigenvalue weighted by atomic mass is 10.1. The average molecular weight is 455 g/mol. The van der Waals surface area contributed by atoms with E-state index in [2.05, 4.69) is 10.3 Å². The first-order valence-electron chi connectivity index (χ1n) is 9.59. The molecular weight excluding hydrogens is 437 g/mol. The van der Waals surface area contributed by atoms with Crippen molar-refractivity contribution in [1.29, 1.82) is 0 Å². The molecule has 0 aliphatic carbocycles. The van der Waals surface area contributed by atoms with Gasteiger partial charge in [-0.25, -0.2) is 4.98 Å². The molecule has 11 heteroatoms. The van der Waals surface area contributed by atoms with Gasteiger partial charge in [-0.2, -0.15) is 13.2 Å². The molecule has 0 bridgehead atoms. The zero-order valence-corrected chi connectivity index (χ0v) is 17.1. The van der Waals surface area contributed by atoms with Crippen LogP contribution < -0.4 is 5.32 Å². The second-order valence-corrected chi connectivity index (χ2v) is 7.68. The Morgan fingerprint density at radius 3 is 2.68 bits per heavy atom. The summed E-state index contributed by atoms with van der Waals surface area (Å²) in [4.78, 5) is 29.8. The summed E-state index contributed by atoms with van der Waals surface area (Å²) in [5.74, 6) is -0.695. The van der Waals surface area contributed by atoms with Crippen LogP contribution in [0.25, 0.3) is 16.8 Å². The number of pyridine rings is 1. The molecule has 0 saturated carbocycles. The van der Waals surface area contributed by atoms with Gasteiger partial charge in [0.25, 0.3) is 5.91 Å². The van der Waals surface area contributed by atoms with Crippen molar-refractivity contribution in [2.75, 3.05) is 13.1 Å². The van der Waals surface area contributed by atoms with Gasteiger partial charge in [0, 0.05) is 36.8 Å². The normalized spacial score (nSPS) is 14.7. The van der Waals surface area contributed by atoms with Gasteiger partial charge in [0.2, 0.25) is 5.91 Å². The molecule has 0 aromatic carbocycles. The molecule has 1 aliphatic rings. The highest BCUT2D eigenvalue weighted by Gasteiger charge is 2.38. The number of alkyl halides is 3. The number of aromatic nitrogens is 2. The lowest BCUT2D eigenvalue weighted by molar-refractivity contribution is -0.136. The molecule has 0 atom stereocenters. The molecule has 7 nitrogen and oxygen atoms in total. The van der Waals surface area contributed by atoms with E-state index in [1.807, 2.05) is 6.92 Å². The maximum absolute atomic E-state index is 13.7. The van der Waals surface area contributed by atoms with Gasteiger partial charge in [0.15, 0.2) is 11.3 Å². The van der Waals surface area contributed by atoms with Gasteiger partial charge in [0.1, 0.15) is 5.15 Å². The number of halogens is 4. The average Bonchev–Trinajstić information content (AvgIpc) is 3.31. The number of carbonyl (C=O) groups excluding carboxylic acids is 2. The highest BCUT2D eigenvalue weighted by Crippen LogP contribution is 2.37. The molecule has 0 radical (unpaired) electrons. The van der Waals surface area contributed by atoms with Crippen molar-refractivity contribution >= 4 is 29.1 Å². The summed E-state index contributed by atoms with van der Waals surface area (Å²) >= 11 is 6.29. The van der Waals surface area contributed by atoms with Crippen molar-refractivity contribution in [3.05, 3.63) is 47.3 Å². The number of furan rings is 1. The van der Waals surface area contributed by atoms with E-state index in [-0.39, 0.29) is 41.4 Å². The van der Waals surface area contributed by atoms with Gasteiger partial charge in [-0.1, -0.05) is 18.5 Å². The molecule has 2 amide bonds. The maximum Gasteiger partial charge on any atom is 0.420 e. The number of imidazole rings is 1. The number of nitrogens with one attached hydrogen (secondary N) is 1. The quantitative estimate of drug-likeness (QED) is 0.631. The maximum atomic E-state index is 13.7. The van der Waals surface area contributed by atoms with E-state index in [1.54, 1.807) is 0 Å². The van der Waals surface area contributed by atoms with E-state index in [4.69, 9.17) is 16.0 Å².